The van der Waals surface area contributed by atoms with Crippen molar-refractivity contribution in [3.8, 4) is 11.8 Å². The minimum atomic E-state index is 0.212. The Kier molecular flexibility index (Phi) is 3.13. The van der Waals surface area contributed by atoms with Gasteiger partial charge in [0.15, 0.2) is 0 Å². The van der Waals surface area contributed by atoms with Crippen molar-refractivity contribution in [1.82, 2.24) is 5.32 Å². The fraction of sp³-hybridized carbons (Fsp3) is 0.800. The van der Waals surface area contributed by atoms with E-state index in [-0.39, 0.29) is 5.54 Å². The first-order valence-corrected chi connectivity index (χ1v) is 4.57. The van der Waals surface area contributed by atoms with E-state index in [1.54, 1.807) is 0 Å². The summed E-state index contributed by atoms with van der Waals surface area (Å²) in [6.45, 7) is 5.64. The first kappa shape index (κ1) is 9.57. The molecule has 2 heteroatoms. The van der Waals surface area contributed by atoms with Gasteiger partial charge in [-0.05, 0) is 25.7 Å². The van der Waals surface area contributed by atoms with Gasteiger partial charge in [-0.3, -0.25) is 5.32 Å². The zero-order valence-electron chi connectivity index (χ0n) is 7.98. The first-order chi connectivity index (χ1) is 5.72. The molecule has 68 valence electrons. The van der Waals surface area contributed by atoms with Crippen LogP contribution in [-0.2, 0) is 0 Å². The minimum Gasteiger partial charge on any atom is -0.329 e. The molecule has 0 saturated heterocycles. The molecule has 1 rings (SSSR count). The third-order valence-corrected chi connectivity index (χ3v) is 2.60. The van der Waals surface area contributed by atoms with Gasteiger partial charge in [-0.1, -0.05) is 12.8 Å². The molecule has 2 nitrogen and oxygen atoms in total. The van der Waals surface area contributed by atoms with Crippen LogP contribution in [0.1, 0.15) is 26.7 Å². The van der Waals surface area contributed by atoms with E-state index in [0.717, 1.165) is 19.0 Å². The first-order valence-electron chi connectivity index (χ1n) is 4.57. The van der Waals surface area contributed by atoms with Crippen LogP contribution in [0, 0.1) is 17.8 Å². The van der Waals surface area contributed by atoms with Crippen LogP contribution in [0.2, 0.25) is 0 Å². The Morgan fingerprint density at radius 2 is 2.25 bits per heavy atom. The summed E-state index contributed by atoms with van der Waals surface area (Å²) in [5.74, 6) is 6.70. The lowest BCUT2D eigenvalue weighted by Crippen LogP contribution is -2.59. The third-order valence-electron chi connectivity index (χ3n) is 2.60. The van der Waals surface area contributed by atoms with E-state index in [1.165, 1.54) is 12.8 Å². The summed E-state index contributed by atoms with van der Waals surface area (Å²) in [7, 11) is 0. The Bertz CT molecular complexity index is 194. The van der Waals surface area contributed by atoms with Gasteiger partial charge in [0.25, 0.3) is 0 Å². The number of hydrogen-bond acceptors (Lipinski definition) is 2. The van der Waals surface area contributed by atoms with Crippen LogP contribution in [0.5, 0.6) is 0 Å². The van der Waals surface area contributed by atoms with Gasteiger partial charge in [0.2, 0.25) is 0 Å². The van der Waals surface area contributed by atoms with Crippen LogP contribution < -0.4 is 11.1 Å². The summed E-state index contributed by atoms with van der Waals surface area (Å²) in [5.41, 5.74) is 5.91. The van der Waals surface area contributed by atoms with Crippen LogP contribution >= 0.6 is 0 Å². The molecule has 0 atom stereocenters. The Hall–Kier alpha value is -0.520. The molecule has 1 fully saturated rings. The molecule has 0 amide bonds. The second kappa shape index (κ2) is 3.93. The summed E-state index contributed by atoms with van der Waals surface area (Å²) in [5, 5.41) is 3.42. The van der Waals surface area contributed by atoms with Crippen molar-refractivity contribution in [2.45, 2.75) is 32.2 Å². The van der Waals surface area contributed by atoms with E-state index in [4.69, 9.17) is 5.73 Å². The smallest absolute Gasteiger partial charge is 0.0581 e. The van der Waals surface area contributed by atoms with Crippen molar-refractivity contribution in [1.29, 1.82) is 0 Å². The highest BCUT2D eigenvalue weighted by Gasteiger charge is 2.39. The van der Waals surface area contributed by atoms with E-state index in [1.807, 2.05) is 6.92 Å². The predicted molar refractivity (Wildman–Crippen MR) is 51.6 cm³/mol. The minimum absolute atomic E-state index is 0.212. The van der Waals surface area contributed by atoms with Crippen molar-refractivity contribution in [3.63, 3.8) is 0 Å². The Morgan fingerprint density at radius 3 is 2.67 bits per heavy atom. The van der Waals surface area contributed by atoms with Gasteiger partial charge < -0.3 is 5.73 Å². The molecule has 0 aromatic rings. The Labute approximate surface area is 74.9 Å². The molecule has 0 aromatic carbocycles. The van der Waals surface area contributed by atoms with Crippen LogP contribution in [-0.4, -0.2) is 18.6 Å². The highest BCUT2D eigenvalue weighted by Crippen LogP contribution is 2.36. The Balaban J connectivity index is 2.30. The molecule has 0 bridgehead atoms. The molecule has 0 aromatic heterocycles. The fourth-order valence-corrected chi connectivity index (χ4v) is 1.98. The number of nitrogens with two attached hydrogens (primary N) is 1. The molecule has 0 heterocycles. The lowest BCUT2D eigenvalue weighted by Gasteiger charge is -2.46. The molecule has 1 aliphatic carbocycles. The molecular weight excluding hydrogens is 148 g/mol. The normalized spacial score (nSPS) is 33.4. The quantitative estimate of drug-likeness (QED) is 0.606. The molecule has 0 radical (unpaired) electrons. The van der Waals surface area contributed by atoms with E-state index in [9.17, 15) is 0 Å². The van der Waals surface area contributed by atoms with Gasteiger partial charge >= 0.3 is 0 Å². The molecule has 3 N–H and O–H groups in total. The van der Waals surface area contributed by atoms with E-state index >= 15 is 0 Å². The van der Waals surface area contributed by atoms with Crippen molar-refractivity contribution in [2.75, 3.05) is 13.1 Å². The molecule has 1 aliphatic rings. The molecule has 0 aliphatic heterocycles. The van der Waals surface area contributed by atoms with Crippen LogP contribution in [0.25, 0.3) is 0 Å². The van der Waals surface area contributed by atoms with E-state index < -0.39 is 0 Å². The maximum Gasteiger partial charge on any atom is 0.0581 e. The summed E-state index contributed by atoms with van der Waals surface area (Å²) in [4.78, 5) is 0. The monoisotopic (exact) mass is 166 g/mol. The zero-order valence-corrected chi connectivity index (χ0v) is 7.98. The summed E-state index contributed by atoms with van der Waals surface area (Å²) in [6, 6.07) is 0. The predicted octanol–water partition coefficient (Wildman–Crippen LogP) is 0.727. The third kappa shape index (κ3) is 2.00. The average Bonchev–Trinajstić information content (AvgIpc) is 2.01. The standard InChI is InChI=1S/C10H18N2/c1-3-4-5-12-10(8-11)6-9(2)7-10/h9,12H,5-8,11H2,1-2H3. The topological polar surface area (TPSA) is 38.0 Å². The van der Waals surface area contributed by atoms with Crippen LogP contribution in [0.4, 0.5) is 0 Å². The summed E-state index contributed by atoms with van der Waals surface area (Å²) in [6.07, 6.45) is 2.41. The van der Waals surface area contributed by atoms with Gasteiger partial charge in [0, 0.05) is 12.1 Å². The summed E-state index contributed by atoms with van der Waals surface area (Å²) < 4.78 is 0. The molecule has 0 spiro atoms. The highest BCUT2D eigenvalue weighted by atomic mass is 15.0. The maximum absolute atomic E-state index is 5.70. The van der Waals surface area contributed by atoms with Crippen molar-refractivity contribution < 1.29 is 0 Å². The number of nitrogens with one attached hydrogen (secondary N) is 1. The lowest BCUT2D eigenvalue weighted by molar-refractivity contribution is 0.129. The SMILES string of the molecule is CC#CCNC1(CN)CC(C)C1. The van der Waals surface area contributed by atoms with Gasteiger partial charge in [-0.2, -0.15) is 0 Å². The Morgan fingerprint density at radius 1 is 1.58 bits per heavy atom. The average molecular weight is 166 g/mol. The van der Waals surface area contributed by atoms with Crippen molar-refractivity contribution >= 4 is 0 Å². The maximum atomic E-state index is 5.70. The molecule has 12 heavy (non-hydrogen) atoms. The van der Waals surface area contributed by atoms with E-state index in [0.29, 0.717) is 0 Å². The fourth-order valence-electron chi connectivity index (χ4n) is 1.98. The number of hydrogen-bond donors (Lipinski definition) is 2. The van der Waals surface area contributed by atoms with E-state index in [2.05, 4.69) is 24.1 Å². The largest absolute Gasteiger partial charge is 0.329 e. The molecule has 1 saturated carbocycles. The van der Waals surface area contributed by atoms with Crippen LogP contribution in [0.3, 0.4) is 0 Å². The highest BCUT2D eigenvalue weighted by molar-refractivity contribution is 5.05. The van der Waals surface area contributed by atoms with Crippen molar-refractivity contribution in [2.24, 2.45) is 11.7 Å². The zero-order chi connectivity index (χ0) is 9.03. The van der Waals surface area contributed by atoms with Gasteiger partial charge in [-0.25, -0.2) is 0 Å². The second-order valence-electron chi connectivity index (χ2n) is 3.78. The number of rotatable bonds is 3. The molecule has 0 unspecified atom stereocenters. The van der Waals surface area contributed by atoms with Gasteiger partial charge in [-0.15, -0.1) is 5.92 Å². The van der Waals surface area contributed by atoms with Gasteiger partial charge in [0.1, 0.15) is 0 Å². The lowest BCUT2D eigenvalue weighted by atomic mass is 9.69. The van der Waals surface area contributed by atoms with Crippen molar-refractivity contribution in [3.05, 3.63) is 0 Å². The van der Waals surface area contributed by atoms with Gasteiger partial charge in [0.05, 0.1) is 6.54 Å². The second-order valence-corrected chi connectivity index (χ2v) is 3.78. The van der Waals surface area contributed by atoms with Crippen LogP contribution in [0.15, 0.2) is 0 Å². The molecular formula is C10H18N2. The summed E-state index contributed by atoms with van der Waals surface area (Å²) >= 11 is 0.